The quantitative estimate of drug-likeness (QED) is 0.770. The van der Waals surface area contributed by atoms with E-state index in [1.54, 1.807) is 7.05 Å². The van der Waals surface area contributed by atoms with Crippen LogP contribution in [0.3, 0.4) is 0 Å². The normalized spacial score (nSPS) is 23.7. The second-order valence-corrected chi connectivity index (χ2v) is 4.90. The molecule has 18 heavy (non-hydrogen) atoms. The van der Waals surface area contributed by atoms with E-state index in [4.69, 9.17) is 11.6 Å². The summed E-state index contributed by atoms with van der Waals surface area (Å²) in [5.41, 5.74) is 0. The number of nitrogens with one attached hydrogen (secondary N) is 2. The molecule has 2 rings (SSSR count). The van der Waals surface area contributed by atoms with Crippen LogP contribution < -0.4 is 10.6 Å². The van der Waals surface area contributed by atoms with Crippen molar-refractivity contribution in [1.29, 1.82) is 0 Å². The van der Waals surface area contributed by atoms with E-state index in [1.165, 1.54) is 0 Å². The van der Waals surface area contributed by atoms with E-state index in [1.807, 2.05) is 0 Å². The van der Waals surface area contributed by atoms with Crippen molar-refractivity contribution >= 4 is 23.5 Å². The lowest BCUT2D eigenvalue weighted by molar-refractivity contribution is 0.111. The third-order valence-corrected chi connectivity index (χ3v) is 3.37. The number of aliphatic hydroxyl groups excluding tert-OH is 1. The molecule has 1 heterocycles. The number of anilines is 2. The van der Waals surface area contributed by atoms with Crippen molar-refractivity contribution in [2.75, 3.05) is 24.2 Å². The molecule has 0 radical (unpaired) electrons. The highest BCUT2D eigenvalue weighted by Gasteiger charge is 2.19. The number of halogens is 1. The molecule has 0 amide bonds. The average molecular weight is 272 g/mol. The first kappa shape index (κ1) is 13.3. The molecule has 1 aliphatic rings. The van der Waals surface area contributed by atoms with E-state index in [0.29, 0.717) is 17.8 Å². The Bertz CT molecular complexity index is 395. The molecule has 3 N–H and O–H groups in total. The fraction of sp³-hybridized carbons (Fsp3) is 0.727. The lowest BCUT2D eigenvalue weighted by Crippen LogP contribution is -2.24. The summed E-state index contributed by atoms with van der Waals surface area (Å²) in [6.45, 7) is 0.802. The van der Waals surface area contributed by atoms with Crippen molar-refractivity contribution in [3.63, 3.8) is 0 Å². The predicted molar refractivity (Wildman–Crippen MR) is 70.8 cm³/mol. The van der Waals surface area contributed by atoms with Crippen LogP contribution in [0.5, 0.6) is 0 Å². The van der Waals surface area contributed by atoms with Crippen LogP contribution in [0.15, 0.2) is 0 Å². The van der Waals surface area contributed by atoms with Gasteiger partial charge >= 0.3 is 0 Å². The van der Waals surface area contributed by atoms with Crippen molar-refractivity contribution in [3.8, 4) is 0 Å². The van der Waals surface area contributed by atoms with E-state index in [2.05, 4.69) is 25.6 Å². The van der Waals surface area contributed by atoms with Crippen LogP contribution in [0.25, 0.3) is 0 Å². The zero-order valence-corrected chi connectivity index (χ0v) is 11.1. The minimum atomic E-state index is -0.122. The molecule has 0 saturated heterocycles. The van der Waals surface area contributed by atoms with Crippen molar-refractivity contribution in [3.05, 3.63) is 5.28 Å². The van der Waals surface area contributed by atoms with Gasteiger partial charge in [-0.25, -0.2) is 0 Å². The van der Waals surface area contributed by atoms with Crippen molar-refractivity contribution in [2.45, 2.75) is 31.8 Å². The number of nitrogens with zero attached hydrogens (tertiary/aromatic N) is 3. The molecule has 1 aromatic heterocycles. The Kier molecular flexibility index (Phi) is 4.54. The first-order chi connectivity index (χ1) is 8.67. The highest BCUT2D eigenvalue weighted by Crippen LogP contribution is 2.24. The van der Waals surface area contributed by atoms with E-state index < -0.39 is 0 Å². The largest absolute Gasteiger partial charge is 0.393 e. The molecule has 100 valence electrons. The molecule has 0 aliphatic heterocycles. The van der Waals surface area contributed by atoms with Gasteiger partial charge in [-0.1, -0.05) is 0 Å². The van der Waals surface area contributed by atoms with Gasteiger partial charge in [-0.3, -0.25) is 0 Å². The molecule has 6 nitrogen and oxygen atoms in total. The lowest BCUT2D eigenvalue weighted by atomic mass is 9.87. The summed E-state index contributed by atoms with van der Waals surface area (Å²) in [6.07, 6.45) is 3.71. The van der Waals surface area contributed by atoms with Crippen LogP contribution >= 0.6 is 11.6 Å². The van der Waals surface area contributed by atoms with E-state index >= 15 is 0 Å². The first-order valence-electron chi connectivity index (χ1n) is 6.18. The summed E-state index contributed by atoms with van der Waals surface area (Å²) < 4.78 is 0. The van der Waals surface area contributed by atoms with Gasteiger partial charge in [0.1, 0.15) is 0 Å². The second-order valence-electron chi connectivity index (χ2n) is 4.56. The zero-order chi connectivity index (χ0) is 13.0. The number of hydrogen-bond acceptors (Lipinski definition) is 6. The summed E-state index contributed by atoms with van der Waals surface area (Å²) in [6, 6.07) is 0. The third-order valence-electron chi connectivity index (χ3n) is 3.20. The fourth-order valence-electron chi connectivity index (χ4n) is 2.13. The van der Waals surface area contributed by atoms with Gasteiger partial charge in [0.2, 0.25) is 17.2 Å². The molecule has 0 bridgehead atoms. The summed E-state index contributed by atoms with van der Waals surface area (Å²) in [7, 11) is 1.73. The van der Waals surface area contributed by atoms with Crippen LogP contribution in [0.1, 0.15) is 25.7 Å². The number of hydrogen-bond donors (Lipinski definition) is 3. The Morgan fingerprint density at radius 2 is 1.83 bits per heavy atom. The topological polar surface area (TPSA) is 83.0 Å². The molecule has 1 aromatic rings. The minimum absolute atomic E-state index is 0.122. The van der Waals surface area contributed by atoms with Crippen molar-refractivity contribution < 1.29 is 5.11 Å². The number of aromatic nitrogens is 3. The van der Waals surface area contributed by atoms with Gasteiger partial charge in [0.25, 0.3) is 0 Å². The Balaban J connectivity index is 1.88. The van der Waals surface area contributed by atoms with Crippen molar-refractivity contribution in [2.24, 2.45) is 5.92 Å². The Morgan fingerprint density at radius 3 is 2.50 bits per heavy atom. The highest BCUT2D eigenvalue weighted by atomic mass is 35.5. The number of rotatable bonds is 4. The van der Waals surface area contributed by atoms with Crippen LogP contribution in [0.2, 0.25) is 5.28 Å². The molecule has 7 heteroatoms. The van der Waals surface area contributed by atoms with Gasteiger partial charge in [-0.15, -0.1) is 0 Å². The van der Waals surface area contributed by atoms with Crippen LogP contribution in [-0.4, -0.2) is 39.8 Å². The Labute approximate surface area is 111 Å². The highest BCUT2D eigenvalue weighted by molar-refractivity contribution is 6.28. The Hall–Kier alpha value is -1.14. The summed E-state index contributed by atoms with van der Waals surface area (Å²) in [5.74, 6) is 1.50. The molecule has 1 aliphatic carbocycles. The molecule has 1 saturated carbocycles. The third kappa shape index (κ3) is 3.68. The first-order valence-corrected chi connectivity index (χ1v) is 6.56. The van der Waals surface area contributed by atoms with Crippen molar-refractivity contribution in [1.82, 2.24) is 15.0 Å². The van der Waals surface area contributed by atoms with Crippen LogP contribution in [-0.2, 0) is 0 Å². The van der Waals surface area contributed by atoms with E-state index in [-0.39, 0.29) is 11.4 Å². The van der Waals surface area contributed by atoms with Crippen LogP contribution in [0, 0.1) is 5.92 Å². The van der Waals surface area contributed by atoms with Gasteiger partial charge in [0.05, 0.1) is 6.10 Å². The smallest absolute Gasteiger partial charge is 0.228 e. The SMILES string of the molecule is CNc1nc(Cl)nc(NCC2CCC(O)CC2)n1. The van der Waals surface area contributed by atoms with Gasteiger partial charge in [-0.2, -0.15) is 15.0 Å². The van der Waals surface area contributed by atoms with Gasteiger partial charge in [0, 0.05) is 13.6 Å². The van der Waals surface area contributed by atoms with Gasteiger partial charge in [-0.05, 0) is 43.2 Å². The molecular formula is C11H18ClN5O. The average Bonchev–Trinajstić information content (AvgIpc) is 2.37. The maximum atomic E-state index is 9.44. The van der Waals surface area contributed by atoms with Crippen LogP contribution in [0.4, 0.5) is 11.9 Å². The fourth-order valence-corrected chi connectivity index (χ4v) is 2.29. The number of aliphatic hydroxyl groups is 1. The summed E-state index contributed by atoms with van der Waals surface area (Å²) in [4.78, 5) is 12.1. The summed E-state index contributed by atoms with van der Waals surface area (Å²) >= 11 is 5.79. The Morgan fingerprint density at radius 1 is 1.17 bits per heavy atom. The molecular weight excluding hydrogens is 254 g/mol. The second kappa shape index (κ2) is 6.15. The predicted octanol–water partition coefficient (Wildman–Crippen LogP) is 1.53. The standard InChI is InChI=1S/C11H18ClN5O/c1-13-10-15-9(12)16-11(17-10)14-6-7-2-4-8(18)5-3-7/h7-8,18H,2-6H2,1H3,(H2,13,14,15,16,17). The molecule has 0 spiro atoms. The van der Waals surface area contributed by atoms with E-state index in [0.717, 1.165) is 32.2 Å². The maximum Gasteiger partial charge on any atom is 0.228 e. The molecule has 0 atom stereocenters. The minimum Gasteiger partial charge on any atom is -0.393 e. The van der Waals surface area contributed by atoms with Gasteiger partial charge < -0.3 is 15.7 Å². The van der Waals surface area contributed by atoms with E-state index in [9.17, 15) is 5.11 Å². The van der Waals surface area contributed by atoms with Gasteiger partial charge in [0.15, 0.2) is 0 Å². The monoisotopic (exact) mass is 271 g/mol. The molecule has 0 aromatic carbocycles. The summed E-state index contributed by atoms with van der Waals surface area (Å²) in [5, 5.41) is 15.6. The molecule has 1 fully saturated rings. The molecule has 0 unspecified atom stereocenters. The zero-order valence-electron chi connectivity index (χ0n) is 10.4. The lowest BCUT2D eigenvalue weighted by Gasteiger charge is -2.25. The maximum absolute atomic E-state index is 9.44.